The molecular weight excluding hydrogens is 320 g/mol. The molecule has 0 aliphatic carbocycles. The molecule has 7 heteroatoms. The van der Waals surface area contributed by atoms with Gasteiger partial charge in [-0.1, -0.05) is 17.7 Å². The molecule has 0 bridgehead atoms. The van der Waals surface area contributed by atoms with Crippen molar-refractivity contribution in [3.05, 3.63) is 46.8 Å². The van der Waals surface area contributed by atoms with E-state index in [4.69, 9.17) is 11.6 Å². The molecule has 0 aromatic heterocycles. The van der Waals surface area contributed by atoms with Gasteiger partial charge < -0.3 is 5.32 Å². The highest BCUT2D eigenvalue weighted by atomic mass is 35.5. The van der Waals surface area contributed by atoms with E-state index in [1.165, 1.54) is 6.08 Å². The lowest BCUT2D eigenvalue weighted by molar-refractivity contribution is -0.139. The van der Waals surface area contributed by atoms with Gasteiger partial charge in [0, 0.05) is 37.8 Å². The third-order valence-corrected chi connectivity index (χ3v) is 4.05. The number of hydrogen-bond acceptors (Lipinski definition) is 2. The van der Waals surface area contributed by atoms with Gasteiger partial charge in [-0.3, -0.25) is 4.90 Å². The Morgan fingerprint density at radius 3 is 2.50 bits per heavy atom. The minimum atomic E-state index is -4.63. The zero-order valence-electron chi connectivity index (χ0n) is 11.9. The van der Waals surface area contributed by atoms with Crippen LogP contribution in [0.1, 0.15) is 23.6 Å². The van der Waals surface area contributed by atoms with Gasteiger partial charge in [-0.2, -0.15) is 13.2 Å². The van der Waals surface area contributed by atoms with Gasteiger partial charge in [-0.15, -0.1) is 6.58 Å². The van der Waals surface area contributed by atoms with Gasteiger partial charge in [-0.25, -0.2) is 4.39 Å². The zero-order chi connectivity index (χ0) is 16.3. The van der Waals surface area contributed by atoms with Gasteiger partial charge >= 0.3 is 6.18 Å². The van der Waals surface area contributed by atoms with Gasteiger partial charge in [0.15, 0.2) is 0 Å². The molecule has 1 aromatic carbocycles. The van der Waals surface area contributed by atoms with E-state index in [2.05, 4.69) is 11.9 Å². The Balaban J connectivity index is 2.53. The standard InChI is InChI=1S/C15H17ClF4N2/c1-2-3-12(22-8-6-21-7-9-22)13-10(15(18,19)20)4-5-11(16)14(13)17/h2,4-5,12,21H,1,3,6-9H2/t12-/m1/s1. The van der Waals surface area contributed by atoms with Gasteiger partial charge in [0.05, 0.1) is 10.6 Å². The number of benzene rings is 1. The van der Waals surface area contributed by atoms with Crippen LogP contribution in [-0.2, 0) is 6.18 Å². The second kappa shape index (κ2) is 6.98. The molecule has 22 heavy (non-hydrogen) atoms. The summed E-state index contributed by atoms with van der Waals surface area (Å²) in [6.07, 6.45) is -2.90. The average molecular weight is 337 g/mol. The van der Waals surface area contributed by atoms with Gasteiger partial charge in [0.1, 0.15) is 5.82 Å². The summed E-state index contributed by atoms with van der Waals surface area (Å²) in [5, 5.41) is 2.83. The molecule has 0 spiro atoms. The molecule has 2 rings (SSSR count). The molecule has 0 unspecified atom stereocenters. The Morgan fingerprint density at radius 1 is 1.32 bits per heavy atom. The maximum absolute atomic E-state index is 14.4. The van der Waals surface area contributed by atoms with Crippen LogP contribution in [0.25, 0.3) is 0 Å². The zero-order valence-corrected chi connectivity index (χ0v) is 12.6. The van der Waals surface area contributed by atoms with E-state index in [1.54, 1.807) is 0 Å². The van der Waals surface area contributed by atoms with E-state index < -0.39 is 23.6 Å². The molecule has 1 N–H and O–H groups in total. The molecule has 0 radical (unpaired) electrons. The summed E-state index contributed by atoms with van der Waals surface area (Å²) in [4.78, 5) is 1.84. The van der Waals surface area contributed by atoms with Gasteiger partial charge in [0.2, 0.25) is 0 Å². The van der Waals surface area contributed by atoms with E-state index in [0.29, 0.717) is 26.2 Å². The van der Waals surface area contributed by atoms with Crippen molar-refractivity contribution in [1.82, 2.24) is 10.2 Å². The van der Waals surface area contributed by atoms with Crippen LogP contribution in [0, 0.1) is 5.82 Å². The first-order valence-corrected chi connectivity index (χ1v) is 7.34. The highest BCUT2D eigenvalue weighted by Crippen LogP contribution is 2.41. The first-order chi connectivity index (χ1) is 10.4. The highest BCUT2D eigenvalue weighted by Gasteiger charge is 2.39. The van der Waals surface area contributed by atoms with Crippen molar-refractivity contribution < 1.29 is 17.6 Å². The molecule has 1 heterocycles. The van der Waals surface area contributed by atoms with Crippen molar-refractivity contribution >= 4 is 11.6 Å². The monoisotopic (exact) mass is 336 g/mol. The van der Waals surface area contributed by atoms with Gasteiger partial charge in [0.25, 0.3) is 0 Å². The summed E-state index contributed by atoms with van der Waals surface area (Å²) in [6.45, 7) is 5.97. The maximum atomic E-state index is 14.4. The van der Waals surface area contributed by atoms with E-state index in [9.17, 15) is 17.6 Å². The fourth-order valence-corrected chi connectivity index (χ4v) is 2.91. The van der Waals surface area contributed by atoms with E-state index >= 15 is 0 Å². The van der Waals surface area contributed by atoms with E-state index in [-0.39, 0.29) is 17.0 Å². The fraction of sp³-hybridized carbons (Fsp3) is 0.467. The Kier molecular flexibility index (Phi) is 5.47. The Labute approximate surface area is 131 Å². The number of piperazine rings is 1. The molecular formula is C15H17ClF4N2. The minimum Gasteiger partial charge on any atom is -0.314 e. The van der Waals surface area contributed by atoms with Crippen molar-refractivity contribution in [2.75, 3.05) is 26.2 Å². The lowest BCUT2D eigenvalue weighted by Gasteiger charge is -2.36. The number of nitrogens with zero attached hydrogens (tertiary/aromatic N) is 1. The SMILES string of the molecule is C=CC[C@H](c1c(C(F)(F)F)ccc(Cl)c1F)N1CCNCC1. The molecule has 1 fully saturated rings. The molecule has 2 nitrogen and oxygen atoms in total. The number of nitrogens with one attached hydrogen (secondary N) is 1. The first-order valence-electron chi connectivity index (χ1n) is 6.97. The summed E-state index contributed by atoms with van der Waals surface area (Å²) in [5.74, 6) is -0.998. The Bertz CT molecular complexity index is 539. The minimum absolute atomic E-state index is 0.223. The molecule has 0 saturated carbocycles. The van der Waals surface area contributed by atoms with E-state index in [0.717, 1.165) is 12.1 Å². The van der Waals surface area contributed by atoms with Crippen molar-refractivity contribution in [2.24, 2.45) is 0 Å². The number of alkyl halides is 3. The Hall–Kier alpha value is -1.11. The summed E-state index contributed by atoms with van der Waals surface area (Å²) in [7, 11) is 0. The predicted molar refractivity (Wildman–Crippen MR) is 78.4 cm³/mol. The molecule has 1 aromatic rings. The molecule has 0 amide bonds. The first kappa shape index (κ1) is 17.2. The van der Waals surface area contributed by atoms with E-state index in [1.807, 2.05) is 4.90 Å². The van der Waals surface area contributed by atoms with Crippen LogP contribution in [0.4, 0.5) is 17.6 Å². The lowest BCUT2D eigenvalue weighted by atomic mass is 9.94. The van der Waals surface area contributed by atoms with Crippen LogP contribution >= 0.6 is 11.6 Å². The van der Waals surface area contributed by atoms with Crippen LogP contribution in [0.15, 0.2) is 24.8 Å². The highest BCUT2D eigenvalue weighted by molar-refractivity contribution is 6.30. The third kappa shape index (κ3) is 3.62. The quantitative estimate of drug-likeness (QED) is 0.660. The number of rotatable bonds is 4. The van der Waals surface area contributed by atoms with Crippen LogP contribution < -0.4 is 5.32 Å². The largest absolute Gasteiger partial charge is 0.416 e. The van der Waals surface area contributed by atoms with Crippen LogP contribution in [0.5, 0.6) is 0 Å². The molecule has 1 aliphatic heterocycles. The Morgan fingerprint density at radius 2 is 1.95 bits per heavy atom. The van der Waals surface area contributed by atoms with Crippen LogP contribution in [-0.4, -0.2) is 31.1 Å². The molecule has 122 valence electrons. The van der Waals surface area contributed by atoms with Gasteiger partial charge in [-0.05, 0) is 18.6 Å². The van der Waals surface area contributed by atoms with Crippen molar-refractivity contribution in [3.8, 4) is 0 Å². The molecule has 1 aliphatic rings. The smallest absolute Gasteiger partial charge is 0.314 e. The average Bonchev–Trinajstić information content (AvgIpc) is 2.47. The topological polar surface area (TPSA) is 15.3 Å². The van der Waals surface area contributed by atoms with Crippen LogP contribution in [0.3, 0.4) is 0 Å². The summed E-state index contributed by atoms with van der Waals surface area (Å²) in [5.41, 5.74) is -1.36. The van der Waals surface area contributed by atoms with Crippen molar-refractivity contribution in [2.45, 2.75) is 18.6 Å². The lowest BCUT2D eigenvalue weighted by Crippen LogP contribution is -2.45. The number of halogens is 5. The number of hydrogen-bond donors (Lipinski definition) is 1. The summed E-state index contributed by atoms with van der Waals surface area (Å²) in [6, 6.07) is 1.07. The summed E-state index contributed by atoms with van der Waals surface area (Å²) < 4.78 is 54.2. The van der Waals surface area contributed by atoms with Crippen molar-refractivity contribution in [1.29, 1.82) is 0 Å². The predicted octanol–water partition coefficient (Wildman–Crippen LogP) is 4.02. The molecule has 1 atom stereocenters. The third-order valence-electron chi connectivity index (χ3n) is 3.75. The second-order valence-corrected chi connectivity index (χ2v) is 5.55. The second-order valence-electron chi connectivity index (χ2n) is 5.15. The van der Waals surface area contributed by atoms with Crippen molar-refractivity contribution in [3.63, 3.8) is 0 Å². The normalized spacial score (nSPS) is 18.2. The van der Waals surface area contributed by atoms with Crippen LogP contribution in [0.2, 0.25) is 5.02 Å². The fourth-order valence-electron chi connectivity index (χ4n) is 2.74. The summed E-state index contributed by atoms with van der Waals surface area (Å²) >= 11 is 5.72. The maximum Gasteiger partial charge on any atom is 0.416 e. The molecule has 1 saturated heterocycles.